The lowest BCUT2D eigenvalue weighted by atomic mass is 10.1. The molecule has 0 saturated heterocycles. The fourth-order valence-electron chi connectivity index (χ4n) is 2.42. The molecular formula is C17H24N2O4. The molecule has 6 nitrogen and oxygen atoms in total. The molecule has 1 heterocycles. The summed E-state index contributed by atoms with van der Waals surface area (Å²) in [5.74, 6) is 0.661. The van der Waals surface area contributed by atoms with E-state index in [4.69, 9.17) is 9.47 Å². The van der Waals surface area contributed by atoms with Gasteiger partial charge in [0, 0.05) is 24.8 Å². The Morgan fingerprint density at radius 3 is 2.30 bits per heavy atom. The zero-order chi connectivity index (χ0) is 17.0. The Balaban J connectivity index is 2.03. The van der Waals surface area contributed by atoms with E-state index in [9.17, 15) is 9.59 Å². The zero-order valence-corrected chi connectivity index (χ0v) is 14.1. The predicted octanol–water partition coefficient (Wildman–Crippen LogP) is 2.49. The van der Waals surface area contributed by atoms with Gasteiger partial charge in [0.25, 0.3) is 0 Å². The number of hydrogen-bond donors (Lipinski definition) is 1. The van der Waals surface area contributed by atoms with Gasteiger partial charge in [-0.15, -0.1) is 0 Å². The number of nitrogens with one attached hydrogen (secondary N) is 1. The Morgan fingerprint density at radius 2 is 1.70 bits per heavy atom. The van der Waals surface area contributed by atoms with Gasteiger partial charge in [-0.25, -0.2) is 0 Å². The standard InChI is InChI=1S/C17H24N2O4/c1-11(2)8-19(9-12(3)4)17(21)16(20)18-13-5-6-14-15(7-13)23-10-22-14/h5-7,11-12H,8-10H2,1-4H3,(H,18,20). The fourth-order valence-corrected chi connectivity index (χ4v) is 2.42. The van der Waals surface area contributed by atoms with E-state index in [1.807, 2.05) is 27.7 Å². The van der Waals surface area contributed by atoms with E-state index < -0.39 is 11.8 Å². The highest BCUT2D eigenvalue weighted by molar-refractivity contribution is 6.39. The number of carbonyl (C=O) groups is 2. The van der Waals surface area contributed by atoms with Gasteiger partial charge in [-0.3, -0.25) is 9.59 Å². The average Bonchev–Trinajstić information content (AvgIpc) is 2.92. The SMILES string of the molecule is CC(C)CN(CC(C)C)C(=O)C(=O)Nc1ccc2c(c1)OCO2. The van der Waals surface area contributed by atoms with Crippen molar-refractivity contribution in [2.45, 2.75) is 27.7 Å². The summed E-state index contributed by atoms with van der Waals surface area (Å²) in [6.45, 7) is 9.39. The summed E-state index contributed by atoms with van der Waals surface area (Å²) in [5.41, 5.74) is 0.515. The van der Waals surface area contributed by atoms with Crippen LogP contribution in [0, 0.1) is 11.8 Å². The first-order valence-electron chi connectivity index (χ1n) is 7.86. The first-order chi connectivity index (χ1) is 10.9. The maximum Gasteiger partial charge on any atom is 0.313 e. The Bertz CT molecular complexity index is 574. The van der Waals surface area contributed by atoms with E-state index in [0.717, 1.165) is 0 Å². The Morgan fingerprint density at radius 1 is 1.09 bits per heavy atom. The van der Waals surface area contributed by atoms with Crippen molar-refractivity contribution in [2.75, 3.05) is 25.2 Å². The third kappa shape index (κ3) is 4.61. The van der Waals surface area contributed by atoms with E-state index in [1.54, 1.807) is 23.1 Å². The van der Waals surface area contributed by atoms with Crippen molar-refractivity contribution in [3.05, 3.63) is 18.2 Å². The summed E-state index contributed by atoms with van der Waals surface area (Å²) >= 11 is 0. The van der Waals surface area contributed by atoms with Gasteiger partial charge in [-0.1, -0.05) is 27.7 Å². The molecule has 0 unspecified atom stereocenters. The van der Waals surface area contributed by atoms with Crippen LogP contribution < -0.4 is 14.8 Å². The average molecular weight is 320 g/mol. The first kappa shape index (κ1) is 17.1. The molecule has 0 fully saturated rings. The van der Waals surface area contributed by atoms with Crippen molar-refractivity contribution in [2.24, 2.45) is 11.8 Å². The van der Waals surface area contributed by atoms with Crippen LogP contribution in [0.25, 0.3) is 0 Å². The van der Waals surface area contributed by atoms with Crippen molar-refractivity contribution in [1.82, 2.24) is 4.90 Å². The minimum absolute atomic E-state index is 0.169. The van der Waals surface area contributed by atoms with Gasteiger partial charge < -0.3 is 19.7 Å². The van der Waals surface area contributed by atoms with Crippen LogP contribution in [0.3, 0.4) is 0 Å². The van der Waals surface area contributed by atoms with Crippen molar-refractivity contribution in [3.8, 4) is 11.5 Å². The summed E-state index contributed by atoms with van der Waals surface area (Å²) in [5, 5.41) is 2.63. The third-order valence-corrected chi connectivity index (χ3v) is 3.28. The molecule has 0 bridgehead atoms. The van der Waals surface area contributed by atoms with Crippen LogP contribution in [-0.4, -0.2) is 36.6 Å². The Kier molecular flexibility index (Phi) is 5.47. The predicted molar refractivity (Wildman–Crippen MR) is 87.5 cm³/mol. The monoisotopic (exact) mass is 320 g/mol. The van der Waals surface area contributed by atoms with Crippen LogP contribution in [0.4, 0.5) is 5.69 Å². The fraction of sp³-hybridized carbons (Fsp3) is 0.529. The van der Waals surface area contributed by atoms with E-state index in [2.05, 4.69) is 5.32 Å². The number of rotatable bonds is 5. The highest BCUT2D eigenvalue weighted by Gasteiger charge is 2.24. The minimum Gasteiger partial charge on any atom is -0.454 e. The van der Waals surface area contributed by atoms with Crippen LogP contribution >= 0.6 is 0 Å². The third-order valence-electron chi connectivity index (χ3n) is 3.28. The molecule has 1 aromatic rings. The number of fused-ring (bicyclic) bond motifs is 1. The Labute approximate surface area is 136 Å². The summed E-state index contributed by atoms with van der Waals surface area (Å²) in [6.07, 6.45) is 0. The molecule has 1 aliphatic heterocycles. The number of amides is 2. The number of benzene rings is 1. The highest BCUT2D eigenvalue weighted by Crippen LogP contribution is 2.34. The Hall–Kier alpha value is -2.24. The van der Waals surface area contributed by atoms with Gasteiger partial charge in [-0.2, -0.15) is 0 Å². The van der Waals surface area contributed by atoms with Crippen LogP contribution in [0.15, 0.2) is 18.2 Å². The van der Waals surface area contributed by atoms with Crippen LogP contribution in [0.5, 0.6) is 11.5 Å². The molecule has 23 heavy (non-hydrogen) atoms. The topological polar surface area (TPSA) is 67.9 Å². The minimum atomic E-state index is -0.634. The summed E-state index contributed by atoms with van der Waals surface area (Å²) in [6, 6.07) is 5.05. The zero-order valence-electron chi connectivity index (χ0n) is 14.1. The van der Waals surface area contributed by atoms with E-state index >= 15 is 0 Å². The molecule has 1 aliphatic rings. The van der Waals surface area contributed by atoms with Crippen LogP contribution in [0.2, 0.25) is 0 Å². The normalized spacial score (nSPS) is 12.6. The molecule has 126 valence electrons. The highest BCUT2D eigenvalue weighted by atomic mass is 16.7. The maximum absolute atomic E-state index is 12.4. The number of anilines is 1. The molecule has 0 spiro atoms. The van der Waals surface area contributed by atoms with Gasteiger partial charge in [0.2, 0.25) is 6.79 Å². The van der Waals surface area contributed by atoms with Crippen molar-refractivity contribution >= 4 is 17.5 Å². The molecule has 2 amide bonds. The molecular weight excluding hydrogens is 296 g/mol. The largest absolute Gasteiger partial charge is 0.454 e. The lowest BCUT2D eigenvalue weighted by Gasteiger charge is -2.25. The lowest BCUT2D eigenvalue weighted by molar-refractivity contribution is -0.143. The van der Waals surface area contributed by atoms with Crippen LogP contribution in [0.1, 0.15) is 27.7 Å². The smallest absolute Gasteiger partial charge is 0.313 e. The van der Waals surface area contributed by atoms with Gasteiger partial charge in [0.1, 0.15) is 0 Å². The molecule has 2 rings (SSSR count). The van der Waals surface area contributed by atoms with Crippen molar-refractivity contribution in [3.63, 3.8) is 0 Å². The summed E-state index contributed by atoms with van der Waals surface area (Å²) < 4.78 is 10.5. The van der Waals surface area contributed by atoms with Crippen LogP contribution in [-0.2, 0) is 9.59 Å². The molecule has 1 aromatic carbocycles. The molecule has 0 saturated carbocycles. The molecule has 0 atom stereocenters. The second-order valence-electron chi connectivity index (χ2n) is 6.52. The van der Waals surface area contributed by atoms with E-state index in [-0.39, 0.29) is 6.79 Å². The molecule has 1 N–H and O–H groups in total. The number of hydrogen-bond acceptors (Lipinski definition) is 4. The summed E-state index contributed by atoms with van der Waals surface area (Å²) in [7, 11) is 0. The lowest BCUT2D eigenvalue weighted by Crippen LogP contribution is -2.43. The van der Waals surface area contributed by atoms with Crippen molar-refractivity contribution < 1.29 is 19.1 Å². The van der Waals surface area contributed by atoms with E-state index in [0.29, 0.717) is 42.1 Å². The van der Waals surface area contributed by atoms with E-state index in [1.165, 1.54) is 0 Å². The van der Waals surface area contributed by atoms with Gasteiger partial charge >= 0.3 is 11.8 Å². The van der Waals surface area contributed by atoms with Gasteiger partial charge in [0.05, 0.1) is 0 Å². The second kappa shape index (κ2) is 7.35. The molecule has 0 aromatic heterocycles. The molecule has 0 aliphatic carbocycles. The number of nitrogens with zero attached hydrogens (tertiary/aromatic N) is 1. The second-order valence-corrected chi connectivity index (χ2v) is 6.52. The van der Waals surface area contributed by atoms with Gasteiger partial charge in [0.15, 0.2) is 11.5 Å². The molecule has 0 radical (unpaired) electrons. The van der Waals surface area contributed by atoms with Crippen molar-refractivity contribution in [1.29, 1.82) is 0 Å². The quantitative estimate of drug-likeness (QED) is 0.846. The number of carbonyl (C=O) groups excluding carboxylic acids is 2. The van der Waals surface area contributed by atoms with Gasteiger partial charge in [-0.05, 0) is 24.0 Å². The maximum atomic E-state index is 12.4. The first-order valence-corrected chi connectivity index (χ1v) is 7.86. The number of ether oxygens (including phenoxy) is 2. The molecule has 6 heteroatoms. The summed E-state index contributed by atoms with van der Waals surface area (Å²) in [4.78, 5) is 26.3.